The van der Waals surface area contributed by atoms with Crippen molar-refractivity contribution in [3.05, 3.63) is 22.4 Å². The molecule has 3 atom stereocenters. The first-order valence-electron chi connectivity index (χ1n) is 8.77. The van der Waals surface area contributed by atoms with E-state index in [1.807, 2.05) is 0 Å². The van der Waals surface area contributed by atoms with E-state index in [1.165, 1.54) is 16.2 Å². The molecular weight excluding hydrogens is 481 g/mol. The van der Waals surface area contributed by atoms with Crippen LogP contribution in [0, 0.1) is 5.92 Å². The Kier molecular flexibility index (Phi) is 8.20. The van der Waals surface area contributed by atoms with Crippen LogP contribution >= 0.6 is 46.1 Å². The molecule has 0 saturated carbocycles. The summed E-state index contributed by atoms with van der Waals surface area (Å²) in [7, 11) is 0. The van der Waals surface area contributed by atoms with Crippen LogP contribution < -0.4 is 10.6 Å². The van der Waals surface area contributed by atoms with Crippen LogP contribution in [0.25, 0.3) is 0 Å². The lowest BCUT2D eigenvalue weighted by atomic mass is 9.96. The molecule has 3 unspecified atom stereocenters. The fourth-order valence-electron chi connectivity index (χ4n) is 2.87. The van der Waals surface area contributed by atoms with Crippen molar-refractivity contribution in [1.29, 1.82) is 0 Å². The predicted molar refractivity (Wildman–Crippen MR) is 112 cm³/mol. The third kappa shape index (κ3) is 6.37. The Balaban J connectivity index is 2.02. The van der Waals surface area contributed by atoms with Crippen molar-refractivity contribution in [3.8, 4) is 0 Å². The average Bonchev–Trinajstić information content (AvgIpc) is 3.16. The zero-order chi connectivity index (χ0) is 22.6. The van der Waals surface area contributed by atoms with E-state index in [9.17, 15) is 24.3 Å². The first-order valence-corrected chi connectivity index (χ1v) is 10.8. The average molecular weight is 501 g/mol. The Morgan fingerprint density at radius 1 is 1.37 bits per heavy atom. The molecule has 166 valence electrons. The van der Waals surface area contributed by atoms with Crippen LogP contribution in [-0.4, -0.2) is 62.9 Å². The Morgan fingerprint density at radius 3 is 2.50 bits per heavy atom. The number of hydrogen-bond acceptors (Lipinski definition) is 6. The Bertz CT molecular complexity index is 799. The van der Waals surface area contributed by atoms with E-state index in [-0.39, 0.29) is 12.5 Å². The fourth-order valence-corrected chi connectivity index (χ4v) is 3.81. The zero-order valence-electron chi connectivity index (χ0n) is 15.9. The van der Waals surface area contributed by atoms with Crippen LogP contribution in [0.15, 0.2) is 17.5 Å². The summed E-state index contributed by atoms with van der Waals surface area (Å²) in [5.74, 6) is -2.57. The van der Waals surface area contributed by atoms with Gasteiger partial charge in [-0.3, -0.25) is 9.59 Å². The minimum atomic E-state index is -1.81. The van der Waals surface area contributed by atoms with Gasteiger partial charge in [0.05, 0.1) is 6.54 Å². The molecular formula is C17H20Cl3N3O6S. The van der Waals surface area contributed by atoms with Crippen LogP contribution in [0.4, 0.5) is 4.79 Å². The summed E-state index contributed by atoms with van der Waals surface area (Å²) < 4.78 is 2.98. The fraction of sp³-hybridized carbons (Fsp3) is 0.529. The van der Waals surface area contributed by atoms with E-state index in [2.05, 4.69) is 10.6 Å². The van der Waals surface area contributed by atoms with Crippen LogP contribution in [0.1, 0.15) is 24.8 Å². The zero-order valence-corrected chi connectivity index (χ0v) is 19.0. The number of carbonyl (C=O) groups excluding carboxylic acids is 3. The van der Waals surface area contributed by atoms with Crippen molar-refractivity contribution in [1.82, 2.24) is 15.5 Å². The second kappa shape index (κ2) is 10.0. The van der Waals surface area contributed by atoms with Gasteiger partial charge in [-0.1, -0.05) is 54.7 Å². The van der Waals surface area contributed by atoms with Gasteiger partial charge in [0, 0.05) is 4.88 Å². The standard InChI is InChI=1S/C17H20Cl3N3O6S/c1-8(2)12(15(26)27)23-6-9(14(23)25)21-13(24)11(10-4-3-5-30-10)22-16(28)29-7-17(18,19)20/h3-5,8-9,11-12H,6-7H2,1-2H3,(H,21,24)(H,22,28)(H,26,27). The molecule has 1 aliphatic rings. The molecule has 1 saturated heterocycles. The molecule has 9 nitrogen and oxygen atoms in total. The largest absolute Gasteiger partial charge is 0.480 e. The van der Waals surface area contributed by atoms with Gasteiger partial charge in [-0.25, -0.2) is 9.59 Å². The lowest BCUT2D eigenvalue weighted by molar-refractivity contribution is -0.162. The topological polar surface area (TPSA) is 125 Å². The Labute approximate surface area is 191 Å². The van der Waals surface area contributed by atoms with Crippen molar-refractivity contribution in [2.24, 2.45) is 5.92 Å². The smallest absolute Gasteiger partial charge is 0.408 e. The van der Waals surface area contributed by atoms with Gasteiger partial charge in [0.2, 0.25) is 15.6 Å². The molecule has 2 heterocycles. The first kappa shape index (κ1) is 24.5. The molecule has 3 N–H and O–H groups in total. The van der Waals surface area contributed by atoms with Crippen LogP contribution in [0.3, 0.4) is 0 Å². The molecule has 2 rings (SSSR count). The number of amides is 3. The summed E-state index contributed by atoms with van der Waals surface area (Å²) in [5, 5.41) is 15.9. The van der Waals surface area contributed by atoms with Gasteiger partial charge in [0.15, 0.2) is 0 Å². The quantitative estimate of drug-likeness (QED) is 0.372. The molecule has 1 aromatic rings. The number of carboxylic acids is 1. The molecule has 1 aromatic heterocycles. The van der Waals surface area contributed by atoms with Gasteiger partial charge in [0.25, 0.3) is 0 Å². The number of nitrogens with zero attached hydrogens (tertiary/aromatic N) is 1. The molecule has 0 bridgehead atoms. The molecule has 0 radical (unpaired) electrons. The van der Waals surface area contributed by atoms with Crippen LogP contribution in [0.5, 0.6) is 0 Å². The maximum atomic E-state index is 12.7. The summed E-state index contributed by atoms with van der Waals surface area (Å²) in [6, 6.07) is 0.298. The summed E-state index contributed by atoms with van der Waals surface area (Å²) in [6.07, 6.45) is -0.984. The van der Waals surface area contributed by atoms with E-state index >= 15 is 0 Å². The van der Waals surface area contributed by atoms with Crippen LogP contribution in [0.2, 0.25) is 0 Å². The summed E-state index contributed by atoms with van der Waals surface area (Å²) in [4.78, 5) is 50.2. The molecule has 0 aliphatic carbocycles. The van der Waals surface area contributed by atoms with Gasteiger partial charge < -0.3 is 25.4 Å². The maximum absolute atomic E-state index is 12.7. The Hall–Kier alpha value is -1.75. The number of ether oxygens (including phenoxy) is 1. The molecule has 0 spiro atoms. The number of hydrogen-bond donors (Lipinski definition) is 3. The van der Waals surface area contributed by atoms with Crippen molar-refractivity contribution in [2.45, 2.75) is 35.8 Å². The number of carboxylic acid groups (broad SMARTS) is 1. The van der Waals surface area contributed by atoms with Gasteiger partial charge in [-0.15, -0.1) is 11.3 Å². The van der Waals surface area contributed by atoms with E-state index in [0.717, 1.165) is 0 Å². The summed E-state index contributed by atoms with van der Waals surface area (Å²) in [5.41, 5.74) is 0. The maximum Gasteiger partial charge on any atom is 0.408 e. The van der Waals surface area contributed by atoms with Gasteiger partial charge in [-0.2, -0.15) is 0 Å². The second-order valence-electron chi connectivity index (χ2n) is 6.86. The van der Waals surface area contributed by atoms with E-state index in [0.29, 0.717) is 4.88 Å². The van der Waals surface area contributed by atoms with Crippen molar-refractivity contribution in [2.75, 3.05) is 13.2 Å². The summed E-state index contributed by atoms with van der Waals surface area (Å²) in [6.45, 7) is 2.91. The first-order chi connectivity index (χ1) is 13.9. The number of halogens is 3. The van der Waals surface area contributed by atoms with Crippen LogP contribution in [-0.2, 0) is 19.1 Å². The monoisotopic (exact) mass is 499 g/mol. The van der Waals surface area contributed by atoms with Gasteiger partial charge in [0.1, 0.15) is 24.7 Å². The number of alkyl carbamates (subject to hydrolysis) is 1. The van der Waals surface area contributed by atoms with Crippen molar-refractivity contribution < 1.29 is 29.0 Å². The number of rotatable bonds is 8. The van der Waals surface area contributed by atoms with Crippen molar-refractivity contribution in [3.63, 3.8) is 0 Å². The molecule has 30 heavy (non-hydrogen) atoms. The highest BCUT2D eigenvalue weighted by molar-refractivity contribution is 7.10. The molecule has 1 aliphatic heterocycles. The molecule has 1 fully saturated rings. The predicted octanol–water partition coefficient (Wildman–Crippen LogP) is 2.32. The highest BCUT2D eigenvalue weighted by Gasteiger charge is 2.46. The van der Waals surface area contributed by atoms with E-state index in [4.69, 9.17) is 39.5 Å². The number of carbonyl (C=O) groups is 4. The number of likely N-dealkylation sites (tertiary alicyclic amines) is 1. The molecule has 0 aromatic carbocycles. The SMILES string of the molecule is CC(C)C(C(=O)O)N1CC(NC(=O)C(NC(=O)OCC(Cl)(Cl)Cl)c2cccs2)C1=O. The Morgan fingerprint density at radius 2 is 2.03 bits per heavy atom. The number of β-lactam (4-membered cyclic amide) rings is 1. The number of alkyl halides is 3. The van der Waals surface area contributed by atoms with Crippen molar-refractivity contribution >= 4 is 70.0 Å². The molecule has 3 amide bonds. The van der Waals surface area contributed by atoms with E-state index in [1.54, 1.807) is 31.4 Å². The minimum absolute atomic E-state index is 0.0502. The number of thiophene rings is 1. The minimum Gasteiger partial charge on any atom is -0.480 e. The third-order valence-electron chi connectivity index (χ3n) is 4.22. The second-order valence-corrected chi connectivity index (χ2v) is 10.4. The third-order valence-corrected chi connectivity index (χ3v) is 5.48. The lowest BCUT2D eigenvalue weighted by Crippen LogP contribution is -2.69. The van der Waals surface area contributed by atoms with Gasteiger partial charge >= 0.3 is 12.1 Å². The highest BCUT2D eigenvalue weighted by atomic mass is 35.6. The van der Waals surface area contributed by atoms with E-state index < -0.39 is 52.4 Å². The molecule has 13 heteroatoms. The normalized spacial score (nSPS) is 18.4. The van der Waals surface area contributed by atoms with Gasteiger partial charge in [-0.05, 0) is 17.4 Å². The highest BCUT2D eigenvalue weighted by Crippen LogP contribution is 2.26. The summed E-state index contributed by atoms with van der Waals surface area (Å²) >= 11 is 17.8. The lowest BCUT2D eigenvalue weighted by Gasteiger charge is -2.43. The number of aliphatic carboxylic acids is 1. The number of nitrogens with one attached hydrogen (secondary N) is 2.